The summed E-state index contributed by atoms with van der Waals surface area (Å²) in [7, 11) is 1.74. The van der Waals surface area contributed by atoms with E-state index in [1.165, 1.54) is 4.68 Å². The van der Waals surface area contributed by atoms with Crippen molar-refractivity contribution in [3.05, 3.63) is 34.2 Å². The molecule has 0 spiro atoms. The first-order valence-corrected chi connectivity index (χ1v) is 4.57. The Morgan fingerprint density at radius 2 is 2.20 bits per heavy atom. The summed E-state index contributed by atoms with van der Waals surface area (Å²) in [5.41, 5.74) is 7.55. The summed E-state index contributed by atoms with van der Waals surface area (Å²) in [5.74, 6) is 0.532. The van der Waals surface area contributed by atoms with E-state index in [1.54, 1.807) is 25.4 Å². The zero-order chi connectivity index (χ0) is 11.0. The van der Waals surface area contributed by atoms with E-state index >= 15 is 0 Å². The summed E-state index contributed by atoms with van der Waals surface area (Å²) in [6, 6.07) is 3.22. The molecule has 0 amide bonds. The number of nitrogens with zero attached hydrogens (tertiary/aromatic N) is 2. The molecule has 2 aromatic heterocycles. The normalized spacial score (nSPS) is 10.5. The third kappa shape index (κ3) is 1.63. The van der Waals surface area contributed by atoms with Crippen LogP contribution in [-0.4, -0.2) is 14.8 Å². The Labute approximate surface area is 86.5 Å². The van der Waals surface area contributed by atoms with Gasteiger partial charge in [0, 0.05) is 31.1 Å². The molecule has 15 heavy (non-hydrogen) atoms. The highest BCUT2D eigenvalue weighted by atomic mass is 16.1. The molecule has 0 radical (unpaired) electrons. The molecule has 3 N–H and O–H groups in total. The molecule has 0 fully saturated rings. The number of nitrogens with one attached hydrogen (secondary N) is 1. The Hall–Kier alpha value is -2.04. The largest absolute Gasteiger partial charge is 0.384 e. The van der Waals surface area contributed by atoms with Crippen LogP contribution in [0.15, 0.2) is 23.1 Å². The lowest BCUT2D eigenvalue weighted by atomic mass is 10.2. The highest BCUT2D eigenvalue weighted by molar-refractivity contribution is 5.61. The molecule has 0 aromatic carbocycles. The third-order valence-electron chi connectivity index (χ3n) is 2.25. The Balaban J connectivity index is 2.59. The molecule has 0 atom stereocenters. The van der Waals surface area contributed by atoms with Crippen LogP contribution in [0.4, 0.5) is 5.82 Å². The van der Waals surface area contributed by atoms with E-state index in [9.17, 15) is 4.79 Å². The van der Waals surface area contributed by atoms with Gasteiger partial charge in [-0.05, 0) is 6.92 Å². The average Bonchev–Trinajstić information content (AvgIpc) is 2.46. The highest BCUT2D eigenvalue weighted by Gasteiger charge is 2.08. The summed E-state index contributed by atoms with van der Waals surface area (Å²) in [4.78, 5) is 14.6. The number of aryl methyl sites for hydroxylation is 2. The van der Waals surface area contributed by atoms with Crippen LogP contribution in [0.25, 0.3) is 11.3 Å². The van der Waals surface area contributed by atoms with Crippen LogP contribution >= 0.6 is 0 Å². The Kier molecular flexibility index (Phi) is 2.07. The molecule has 0 unspecified atom stereocenters. The minimum atomic E-state index is -0.0515. The van der Waals surface area contributed by atoms with Crippen LogP contribution in [0.3, 0.4) is 0 Å². The lowest BCUT2D eigenvalue weighted by molar-refractivity contribution is 0.782. The van der Waals surface area contributed by atoms with Gasteiger partial charge in [-0.15, -0.1) is 0 Å². The molecule has 0 aliphatic carbocycles. The minimum absolute atomic E-state index is 0.0515. The van der Waals surface area contributed by atoms with Crippen LogP contribution in [0, 0.1) is 6.92 Å². The maximum Gasteiger partial charge on any atom is 0.191 e. The molecule has 78 valence electrons. The molecule has 0 saturated heterocycles. The summed E-state index contributed by atoms with van der Waals surface area (Å²) >= 11 is 0. The fraction of sp³-hybridized carbons (Fsp3) is 0.200. The smallest absolute Gasteiger partial charge is 0.191 e. The predicted molar refractivity (Wildman–Crippen MR) is 58.4 cm³/mol. The Morgan fingerprint density at radius 3 is 2.73 bits per heavy atom. The number of rotatable bonds is 1. The van der Waals surface area contributed by atoms with Crippen molar-refractivity contribution in [3.63, 3.8) is 0 Å². The average molecular weight is 204 g/mol. The van der Waals surface area contributed by atoms with Crippen molar-refractivity contribution in [1.29, 1.82) is 0 Å². The first kappa shape index (κ1) is 9.51. The van der Waals surface area contributed by atoms with E-state index in [1.807, 2.05) is 6.92 Å². The topological polar surface area (TPSA) is 76.7 Å². The molecule has 5 nitrogen and oxygen atoms in total. The van der Waals surface area contributed by atoms with Crippen molar-refractivity contribution in [1.82, 2.24) is 14.8 Å². The number of pyridine rings is 1. The van der Waals surface area contributed by atoms with E-state index in [2.05, 4.69) is 10.1 Å². The van der Waals surface area contributed by atoms with Gasteiger partial charge in [-0.1, -0.05) is 0 Å². The summed E-state index contributed by atoms with van der Waals surface area (Å²) in [6.07, 6.45) is 1.65. The fourth-order valence-corrected chi connectivity index (χ4v) is 1.39. The van der Waals surface area contributed by atoms with Crippen molar-refractivity contribution in [3.8, 4) is 11.3 Å². The molecule has 0 aliphatic rings. The van der Waals surface area contributed by atoms with E-state index < -0.39 is 0 Å². The second-order valence-electron chi connectivity index (χ2n) is 3.47. The number of hydrogen-bond donors (Lipinski definition) is 2. The van der Waals surface area contributed by atoms with Gasteiger partial charge in [0.1, 0.15) is 5.82 Å². The van der Waals surface area contributed by atoms with E-state index in [4.69, 9.17) is 5.73 Å². The third-order valence-corrected chi connectivity index (χ3v) is 2.25. The molecule has 2 aromatic rings. The number of nitrogens with two attached hydrogens (primary N) is 1. The van der Waals surface area contributed by atoms with Gasteiger partial charge in [0.05, 0.1) is 11.3 Å². The number of aromatic nitrogens is 3. The predicted octanol–water partition coefficient (Wildman–Crippen LogP) is 0.666. The molecule has 2 rings (SSSR count). The Bertz CT molecular complexity index is 533. The van der Waals surface area contributed by atoms with E-state index in [-0.39, 0.29) is 5.43 Å². The van der Waals surface area contributed by atoms with Crippen molar-refractivity contribution in [2.24, 2.45) is 7.05 Å². The number of hydrogen-bond acceptors (Lipinski definition) is 3. The Morgan fingerprint density at radius 1 is 1.47 bits per heavy atom. The van der Waals surface area contributed by atoms with Crippen LogP contribution in [-0.2, 0) is 7.05 Å². The number of aromatic amines is 1. The summed E-state index contributed by atoms with van der Waals surface area (Å²) in [6.45, 7) is 1.83. The minimum Gasteiger partial charge on any atom is -0.384 e. The van der Waals surface area contributed by atoms with Crippen molar-refractivity contribution >= 4 is 5.82 Å². The first-order chi connectivity index (χ1) is 7.08. The number of anilines is 1. The zero-order valence-corrected chi connectivity index (χ0v) is 8.61. The van der Waals surface area contributed by atoms with Gasteiger partial charge in [-0.25, -0.2) is 0 Å². The van der Waals surface area contributed by atoms with Crippen LogP contribution in [0.5, 0.6) is 0 Å². The van der Waals surface area contributed by atoms with Gasteiger partial charge >= 0.3 is 0 Å². The molecular weight excluding hydrogens is 192 g/mol. The second kappa shape index (κ2) is 3.27. The van der Waals surface area contributed by atoms with Gasteiger partial charge in [-0.3, -0.25) is 9.48 Å². The molecule has 0 aliphatic heterocycles. The van der Waals surface area contributed by atoms with Crippen LogP contribution in [0.1, 0.15) is 5.69 Å². The standard InChI is InChI=1S/C10H12N4O/c1-6-3-9(15)7(5-12-6)8-4-10(11)14(2)13-8/h3-5H,11H2,1-2H3,(H,12,15). The summed E-state index contributed by atoms with van der Waals surface area (Å²) in [5, 5.41) is 4.14. The van der Waals surface area contributed by atoms with Gasteiger partial charge in [0.15, 0.2) is 5.43 Å². The molecular formula is C10H12N4O. The monoisotopic (exact) mass is 204 g/mol. The zero-order valence-electron chi connectivity index (χ0n) is 8.61. The maximum atomic E-state index is 11.7. The van der Waals surface area contributed by atoms with Gasteiger partial charge in [0.2, 0.25) is 0 Å². The quantitative estimate of drug-likeness (QED) is 0.716. The summed E-state index contributed by atoms with van der Waals surface area (Å²) < 4.78 is 1.54. The number of H-pyrrole nitrogens is 1. The van der Waals surface area contributed by atoms with Gasteiger partial charge in [0.25, 0.3) is 0 Å². The van der Waals surface area contributed by atoms with E-state index in [0.717, 1.165) is 5.69 Å². The fourth-order valence-electron chi connectivity index (χ4n) is 1.39. The first-order valence-electron chi connectivity index (χ1n) is 4.57. The molecule has 2 heterocycles. The number of nitrogen functional groups attached to an aromatic ring is 1. The van der Waals surface area contributed by atoms with Crippen molar-refractivity contribution < 1.29 is 0 Å². The van der Waals surface area contributed by atoms with E-state index in [0.29, 0.717) is 17.1 Å². The lowest BCUT2D eigenvalue weighted by Gasteiger charge is -1.96. The van der Waals surface area contributed by atoms with Gasteiger partial charge in [-0.2, -0.15) is 5.10 Å². The van der Waals surface area contributed by atoms with Crippen molar-refractivity contribution in [2.75, 3.05) is 5.73 Å². The highest BCUT2D eigenvalue weighted by Crippen LogP contribution is 2.15. The van der Waals surface area contributed by atoms with Gasteiger partial charge < -0.3 is 10.7 Å². The van der Waals surface area contributed by atoms with Crippen LogP contribution < -0.4 is 11.2 Å². The maximum absolute atomic E-state index is 11.7. The second-order valence-corrected chi connectivity index (χ2v) is 3.47. The van der Waals surface area contributed by atoms with Crippen LogP contribution in [0.2, 0.25) is 0 Å². The molecule has 0 bridgehead atoms. The SMILES string of the molecule is Cc1cc(=O)c(-c2cc(N)n(C)n2)c[nH]1. The van der Waals surface area contributed by atoms with Crippen molar-refractivity contribution in [2.45, 2.75) is 6.92 Å². The molecule has 0 saturated carbocycles. The molecule has 5 heteroatoms. The lowest BCUT2D eigenvalue weighted by Crippen LogP contribution is -2.05.